The first kappa shape index (κ1) is 16.2. The van der Waals surface area contributed by atoms with Crippen LogP contribution in [0.1, 0.15) is 31.2 Å². The Bertz CT molecular complexity index is 852. The van der Waals surface area contributed by atoms with E-state index in [-0.39, 0.29) is 36.1 Å². The fourth-order valence-electron chi connectivity index (χ4n) is 3.77. The van der Waals surface area contributed by atoms with Crippen molar-refractivity contribution in [1.82, 2.24) is 9.88 Å². The highest BCUT2D eigenvalue weighted by Gasteiger charge is 2.48. The maximum Gasteiger partial charge on any atom is 0.246 e. The Hall–Kier alpha value is -2.28. The molecular formula is C18H19N3O3S. The van der Waals surface area contributed by atoms with Crippen LogP contribution in [0.5, 0.6) is 0 Å². The number of aryl methyl sites for hydroxylation is 1. The first-order valence-electron chi connectivity index (χ1n) is 8.55. The Morgan fingerprint density at radius 2 is 1.92 bits per heavy atom. The zero-order valence-electron chi connectivity index (χ0n) is 13.9. The molecule has 2 heterocycles. The number of carbonyl (C=O) groups excluding carboxylic acids is 3. The lowest BCUT2D eigenvalue weighted by molar-refractivity contribution is -0.142. The standard InChI is InChI=1S/C18H19N3O3S/c1-10-6-7-13-14(8-10)25-18(19-13)20-15(22)9-21-16(23)11-4-2-3-5-12(11)17(21)24/h6-8,11-12H,2-5,9H2,1H3,(H,19,20,22)/t11-,12-/m0/s1. The number of anilines is 1. The van der Waals surface area contributed by atoms with Gasteiger partial charge in [0, 0.05) is 0 Å². The van der Waals surface area contributed by atoms with Crippen molar-refractivity contribution in [1.29, 1.82) is 0 Å². The zero-order chi connectivity index (χ0) is 17.6. The number of nitrogens with zero attached hydrogens (tertiary/aromatic N) is 2. The number of thiazole rings is 1. The molecule has 1 aromatic carbocycles. The SMILES string of the molecule is Cc1ccc2nc(NC(=O)CN3C(=O)[C@H]4CCCC[C@@H]4C3=O)sc2c1. The number of imide groups is 1. The molecule has 1 aliphatic heterocycles. The molecule has 25 heavy (non-hydrogen) atoms. The van der Waals surface area contributed by atoms with E-state index in [0.717, 1.165) is 46.4 Å². The fourth-order valence-corrected chi connectivity index (χ4v) is 4.75. The zero-order valence-corrected chi connectivity index (χ0v) is 14.8. The Kier molecular flexibility index (Phi) is 4.03. The smallest absolute Gasteiger partial charge is 0.246 e. The van der Waals surface area contributed by atoms with Crippen molar-refractivity contribution < 1.29 is 14.4 Å². The molecule has 4 rings (SSSR count). The molecule has 1 N–H and O–H groups in total. The number of carbonyl (C=O) groups is 3. The van der Waals surface area contributed by atoms with Gasteiger partial charge >= 0.3 is 0 Å². The van der Waals surface area contributed by atoms with Crippen molar-refractivity contribution in [2.75, 3.05) is 11.9 Å². The van der Waals surface area contributed by atoms with Crippen LogP contribution in [-0.2, 0) is 14.4 Å². The van der Waals surface area contributed by atoms with Crippen LogP contribution in [0.25, 0.3) is 10.2 Å². The van der Waals surface area contributed by atoms with Crippen LogP contribution in [0.2, 0.25) is 0 Å². The first-order chi connectivity index (χ1) is 12.0. The molecule has 0 radical (unpaired) electrons. The van der Waals surface area contributed by atoms with Gasteiger partial charge in [0.1, 0.15) is 6.54 Å². The van der Waals surface area contributed by atoms with Crippen LogP contribution in [0.15, 0.2) is 18.2 Å². The second-order valence-corrected chi connectivity index (χ2v) is 7.83. The van der Waals surface area contributed by atoms with Gasteiger partial charge in [-0.25, -0.2) is 4.98 Å². The number of hydrogen-bond acceptors (Lipinski definition) is 5. The minimum absolute atomic E-state index is 0.190. The van der Waals surface area contributed by atoms with Gasteiger partial charge in [-0.15, -0.1) is 0 Å². The van der Waals surface area contributed by atoms with Crippen molar-refractivity contribution in [3.8, 4) is 0 Å². The average molecular weight is 357 g/mol. The third-order valence-corrected chi connectivity index (χ3v) is 5.96. The summed E-state index contributed by atoms with van der Waals surface area (Å²) in [6.07, 6.45) is 3.46. The van der Waals surface area contributed by atoms with Gasteiger partial charge in [0.2, 0.25) is 17.7 Å². The van der Waals surface area contributed by atoms with E-state index in [0.29, 0.717) is 5.13 Å². The maximum absolute atomic E-state index is 12.4. The predicted octanol–water partition coefficient (Wildman–Crippen LogP) is 2.72. The largest absolute Gasteiger partial charge is 0.300 e. The molecule has 130 valence electrons. The van der Waals surface area contributed by atoms with Crippen LogP contribution in [-0.4, -0.2) is 34.2 Å². The van der Waals surface area contributed by atoms with Crippen LogP contribution >= 0.6 is 11.3 Å². The summed E-state index contributed by atoms with van der Waals surface area (Å²) in [5.41, 5.74) is 1.95. The number of benzene rings is 1. The lowest BCUT2D eigenvalue weighted by Gasteiger charge is -2.19. The van der Waals surface area contributed by atoms with Gasteiger partial charge in [-0.2, -0.15) is 0 Å². The third-order valence-electron chi connectivity index (χ3n) is 5.02. The van der Waals surface area contributed by atoms with E-state index in [2.05, 4.69) is 10.3 Å². The Labute approximate surface area is 149 Å². The van der Waals surface area contributed by atoms with E-state index in [1.54, 1.807) is 0 Å². The molecule has 2 fully saturated rings. The Balaban J connectivity index is 1.46. The van der Waals surface area contributed by atoms with Crippen LogP contribution < -0.4 is 5.32 Å². The highest BCUT2D eigenvalue weighted by Crippen LogP contribution is 2.38. The average Bonchev–Trinajstić information content (AvgIpc) is 3.09. The Morgan fingerprint density at radius 1 is 1.24 bits per heavy atom. The van der Waals surface area contributed by atoms with Gasteiger partial charge in [0.05, 0.1) is 22.1 Å². The summed E-state index contributed by atoms with van der Waals surface area (Å²) >= 11 is 1.39. The fraction of sp³-hybridized carbons (Fsp3) is 0.444. The van der Waals surface area contributed by atoms with Crippen molar-refractivity contribution in [3.05, 3.63) is 23.8 Å². The van der Waals surface area contributed by atoms with E-state index in [1.165, 1.54) is 11.3 Å². The quantitative estimate of drug-likeness (QED) is 0.857. The summed E-state index contributed by atoms with van der Waals surface area (Å²) in [5.74, 6) is -1.20. The molecule has 2 aromatic rings. The van der Waals surface area contributed by atoms with Crippen molar-refractivity contribution in [2.45, 2.75) is 32.6 Å². The monoisotopic (exact) mass is 357 g/mol. The molecule has 7 heteroatoms. The number of aromatic nitrogens is 1. The second kappa shape index (κ2) is 6.22. The number of amides is 3. The first-order valence-corrected chi connectivity index (χ1v) is 9.37. The predicted molar refractivity (Wildman–Crippen MR) is 95.2 cm³/mol. The lowest BCUT2D eigenvalue weighted by Crippen LogP contribution is -2.38. The van der Waals surface area contributed by atoms with E-state index < -0.39 is 0 Å². The summed E-state index contributed by atoms with van der Waals surface area (Å²) in [6, 6.07) is 5.90. The van der Waals surface area contributed by atoms with Gasteiger partial charge in [-0.05, 0) is 37.5 Å². The topological polar surface area (TPSA) is 79.4 Å². The molecule has 0 bridgehead atoms. The summed E-state index contributed by atoms with van der Waals surface area (Å²) in [7, 11) is 0. The third kappa shape index (κ3) is 2.93. The molecular weight excluding hydrogens is 338 g/mol. The van der Waals surface area contributed by atoms with Gasteiger partial charge in [-0.1, -0.05) is 30.2 Å². The highest BCUT2D eigenvalue weighted by molar-refractivity contribution is 7.22. The van der Waals surface area contributed by atoms with Crippen LogP contribution in [0, 0.1) is 18.8 Å². The van der Waals surface area contributed by atoms with E-state index in [1.807, 2.05) is 25.1 Å². The molecule has 0 unspecified atom stereocenters. The van der Waals surface area contributed by atoms with Crippen molar-refractivity contribution in [3.63, 3.8) is 0 Å². The molecule has 2 atom stereocenters. The summed E-state index contributed by atoms with van der Waals surface area (Å²) in [6.45, 7) is 1.78. The van der Waals surface area contributed by atoms with Gasteiger partial charge in [0.15, 0.2) is 5.13 Å². The second-order valence-electron chi connectivity index (χ2n) is 6.80. The minimum Gasteiger partial charge on any atom is -0.300 e. The molecule has 6 nitrogen and oxygen atoms in total. The number of nitrogens with one attached hydrogen (secondary N) is 1. The molecule has 2 aliphatic rings. The summed E-state index contributed by atoms with van der Waals surface area (Å²) in [4.78, 5) is 42.7. The van der Waals surface area contributed by atoms with Gasteiger partial charge in [0.25, 0.3) is 0 Å². The minimum atomic E-state index is -0.379. The number of hydrogen-bond donors (Lipinski definition) is 1. The lowest BCUT2D eigenvalue weighted by atomic mass is 9.81. The molecule has 0 spiro atoms. The molecule has 1 saturated carbocycles. The summed E-state index contributed by atoms with van der Waals surface area (Å²) in [5, 5.41) is 3.21. The number of fused-ring (bicyclic) bond motifs is 2. The van der Waals surface area contributed by atoms with Gasteiger partial charge in [-0.3, -0.25) is 19.3 Å². The van der Waals surface area contributed by atoms with Crippen LogP contribution in [0.3, 0.4) is 0 Å². The van der Waals surface area contributed by atoms with E-state index >= 15 is 0 Å². The maximum atomic E-state index is 12.4. The summed E-state index contributed by atoms with van der Waals surface area (Å²) < 4.78 is 0.995. The molecule has 1 saturated heterocycles. The van der Waals surface area contributed by atoms with Crippen molar-refractivity contribution >= 4 is 44.4 Å². The normalized spacial score (nSPS) is 23.2. The van der Waals surface area contributed by atoms with Crippen LogP contribution in [0.4, 0.5) is 5.13 Å². The molecule has 3 amide bonds. The van der Waals surface area contributed by atoms with E-state index in [9.17, 15) is 14.4 Å². The molecule has 1 aliphatic carbocycles. The Morgan fingerprint density at radius 3 is 2.60 bits per heavy atom. The van der Waals surface area contributed by atoms with E-state index in [4.69, 9.17) is 0 Å². The number of likely N-dealkylation sites (tertiary alicyclic amines) is 1. The number of rotatable bonds is 3. The van der Waals surface area contributed by atoms with Crippen molar-refractivity contribution in [2.24, 2.45) is 11.8 Å². The van der Waals surface area contributed by atoms with Gasteiger partial charge < -0.3 is 5.32 Å². The highest BCUT2D eigenvalue weighted by atomic mass is 32.1. The molecule has 1 aromatic heterocycles.